The smallest absolute Gasteiger partial charge is 0.158 e. The zero-order chi connectivity index (χ0) is 12.4. The summed E-state index contributed by atoms with van der Waals surface area (Å²) in [6.07, 6.45) is 7.84. The minimum absolute atomic E-state index is 0.0967. The summed E-state index contributed by atoms with van der Waals surface area (Å²) >= 11 is 1.71. The van der Waals surface area contributed by atoms with Crippen LogP contribution in [0.25, 0.3) is 0 Å². The van der Waals surface area contributed by atoms with Gasteiger partial charge in [-0.1, -0.05) is 18.9 Å². The second-order valence-corrected chi connectivity index (χ2v) is 6.64. The van der Waals surface area contributed by atoms with E-state index in [1.54, 1.807) is 11.3 Å². The Balaban J connectivity index is 1.78. The Hall–Kier alpha value is -0.670. The summed E-state index contributed by atoms with van der Waals surface area (Å²) in [6, 6.07) is 4.14. The number of likely N-dealkylation sites (tertiary alicyclic amines) is 1. The number of thiophene rings is 1. The van der Waals surface area contributed by atoms with E-state index >= 15 is 0 Å². The van der Waals surface area contributed by atoms with E-state index in [4.69, 9.17) is 0 Å². The van der Waals surface area contributed by atoms with E-state index in [0.717, 1.165) is 25.9 Å². The van der Waals surface area contributed by atoms with E-state index in [9.17, 15) is 4.79 Å². The number of hydrogen-bond acceptors (Lipinski definition) is 3. The lowest BCUT2D eigenvalue weighted by Crippen LogP contribution is -2.52. The number of hydrogen-bond donors (Lipinski definition) is 0. The number of nitrogens with zero attached hydrogens (tertiary/aromatic N) is 1. The highest BCUT2D eigenvalue weighted by atomic mass is 32.1. The Morgan fingerprint density at radius 1 is 1.22 bits per heavy atom. The highest BCUT2D eigenvalue weighted by Crippen LogP contribution is 2.39. The quantitative estimate of drug-likeness (QED) is 0.831. The van der Waals surface area contributed by atoms with Gasteiger partial charge in [0.1, 0.15) is 0 Å². The van der Waals surface area contributed by atoms with E-state index in [0.29, 0.717) is 12.2 Å². The molecule has 2 nitrogen and oxygen atoms in total. The van der Waals surface area contributed by atoms with Crippen LogP contribution in [0.2, 0.25) is 0 Å². The summed E-state index contributed by atoms with van der Waals surface area (Å²) in [5.41, 5.74) is -0.0967. The molecule has 0 spiro atoms. The maximum atomic E-state index is 12.8. The van der Waals surface area contributed by atoms with Crippen molar-refractivity contribution < 1.29 is 4.79 Å². The Kier molecular flexibility index (Phi) is 3.53. The van der Waals surface area contributed by atoms with Crippen LogP contribution in [0.5, 0.6) is 0 Å². The van der Waals surface area contributed by atoms with Gasteiger partial charge >= 0.3 is 0 Å². The lowest BCUT2D eigenvalue weighted by Gasteiger charge is -2.37. The van der Waals surface area contributed by atoms with Crippen LogP contribution < -0.4 is 0 Å². The Labute approximate surface area is 113 Å². The molecule has 0 unspecified atom stereocenters. The summed E-state index contributed by atoms with van der Waals surface area (Å²) in [5.74, 6) is 0.476. The lowest BCUT2D eigenvalue weighted by atomic mass is 9.88. The van der Waals surface area contributed by atoms with Gasteiger partial charge in [0.2, 0.25) is 0 Å². The van der Waals surface area contributed by atoms with E-state index in [1.165, 1.54) is 30.6 Å². The number of carbonyl (C=O) groups is 1. The van der Waals surface area contributed by atoms with Gasteiger partial charge in [0.05, 0.1) is 5.54 Å². The minimum Gasteiger partial charge on any atom is -0.297 e. The molecule has 2 aliphatic rings. The van der Waals surface area contributed by atoms with Crippen LogP contribution >= 0.6 is 11.3 Å². The van der Waals surface area contributed by atoms with Crippen molar-refractivity contribution in [3.63, 3.8) is 0 Å². The fourth-order valence-electron chi connectivity index (χ4n) is 3.61. The molecule has 98 valence electrons. The molecule has 2 fully saturated rings. The molecule has 0 amide bonds. The van der Waals surface area contributed by atoms with Gasteiger partial charge in [0.25, 0.3) is 0 Å². The van der Waals surface area contributed by atoms with Crippen LogP contribution in [0.15, 0.2) is 17.5 Å². The molecule has 1 aliphatic carbocycles. The molecule has 0 aromatic carbocycles. The van der Waals surface area contributed by atoms with E-state index in [-0.39, 0.29) is 5.54 Å². The Morgan fingerprint density at radius 3 is 2.56 bits per heavy atom. The molecular formula is C15H21NOS. The third kappa shape index (κ3) is 2.14. The monoisotopic (exact) mass is 263 g/mol. The van der Waals surface area contributed by atoms with Crippen molar-refractivity contribution in [1.29, 1.82) is 0 Å². The zero-order valence-corrected chi connectivity index (χ0v) is 11.7. The molecule has 1 aromatic heterocycles. The van der Waals surface area contributed by atoms with Gasteiger partial charge in [-0.05, 0) is 50.2 Å². The van der Waals surface area contributed by atoms with Crippen molar-refractivity contribution >= 4 is 17.1 Å². The Morgan fingerprint density at radius 2 is 1.94 bits per heavy atom. The molecule has 3 heteroatoms. The van der Waals surface area contributed by atoms with Crippen LogP contribution in [0.4, 0.5) is 0 Å². The number of Topliss-reactive ketones (excluding diaryl/α,β-unsaturated/α-hetero) is 1. The molecule has 0 bridgehead atoms. The van der Waals surface area contributed by atoms with Crippen molar-refractivity contribution in [2.45, 2.75) is 50.5 Å². The first-order chi connectivity index (χ1) is 8.81. The SMILES string of the molecule is O=C(Cc1cccs1)C1(N2CCCC2)CCCC1. The van der Waals surface area contributed by atoms with Crippen LogP contribution in [0.3, 0.4) is 0 Å². The van der Waals surface area contributed by atoms with Crippen LogP contribution in [-0.2, 0) is 11.2 Å². The topological polar surface area (TPSA) is 20.3 Å². The third-order valence-electron chi connectivity index (χ3n) is 4.58. The first-order valence-electron chi connectivity index (χ1n) is 7.12. The maximum absolute atomic E-state index is 12.8. The van der Waals surface area contributed by atoms with Gasteiger partial charge in [0, 0.05) is 11.3 Å². The van der Waals surface area contributed by atoms with Crippen molar-refractivity contribution in [3.8, 4) is 0 Å². The third-order valence-corrected chi connectivity index (χ3v) is 5.45. The van der Waals surface area contributed by atoms with Gasteiger partial charge in [-0.15, -0.1) is 11.3 Å². The molecule has 0 atom stereocenters. The predicted octanol–water partition coefficient (Wildman–Crippen LogP) is 3.27. The first kappa shape index (κ1) is 12.4. The van der Waals surface area contributed by atoms with Gasteiger partial charge in [-0.2, -0.15) is 0 Å². The second kappa shape index (κ2) is 5.14. The molecule has 2 heterocycles. The van der Waals surface area contributed by atoms with Gasteiger partial charge in [0.15, 0.2) is 5.78 Å². The molecule has 18 heavy (non-hydrogen) atoms. The fraction of sp³-hybridized carbons (Fsp3) is 0.667. The average Bonchev–Trinajstić information content (AvgIpc) is 3.12. The van der Waals surface area contributed by atoms with E-state index in [2.05, 4.69) is 16.3 Å². The molecule has 0 radical (unpaired) electrons. The molecule has 1 saturated heterocycles. The van der Waals surface area contributed by atoms with E-state index < -0.39 is 0 Å². The summed E-state index contributed by atoms with van der Waals surface area (Å²) < 4.78 is 0. The van der Waals surface area contributed by atoms with Crippen molar-refractivity contribution in [2.24, 2.45) is 0 Å². The number of carbonyl (C=O) groups excluding carboxylic acids is 1. The van der Waals surface area contributed by atoms with Gasteiger partial charge < -0.3 is 0 Å². The van der Waals surface area contributed by atoms with Crippen LogP contribution in [0, 0.1) is 0 Å². The van der Waals surface area contributed by atoms with Gasteiger partial charge in [-0.3, -0.25) is 9.69 Å². The van der Waals surface area contributed by atoms with Crippen molar-refractivity contribution in [1.82, 2.24) is 4.90 Å². The lowest BCUT2D eigenvalue weighted by molar-refractivity contribution is -0.129. The maximum Gasteiger partial charge on any atom is 0.158 e. The summed E-state index contributed by atoms with van der Waals surface area (Å²) in [6.45, 7) is 2.27. The predicted molar refractivity (Wildman–Crippen MR) is 75.0 cm³/mol. The molecule has 1 aliphatic heterocycles. The normalized spacial score (nSPS) is 23.6. The molecule has 1 saturated carbocycles. The molecular weight excluding hydrogens is 242 g/mol. The largest absolute Gasteiger partial charge is 0.297 e. The van der Waals surface area contributed by atoms with Crippen LogP contribution in [-0.4, -0.2) is 29.3 Å². The van der Waals surface area contributed by atoms with Crippen LogP contribution in [0.1, 0.15) is 43.4 Å². The van der Waals surface area contributed by atoms with Gasteiger partial charge in [-0.25, -0.2) is 0 Å². The molecule has 1 aromatic rings. The fourth-order valence-corrected chi connectivity index (χ4v) is 4.32. The number of rotatable bonds is 4. The summed E-state index contributed by atoms with van der Waals surface area (Å²) in [7, 11) is 0. The highest BCUT2D eigenvalue weighted by Gasteiger charge is 2.46. The highest BCUT2D eigenvalue weighted by molar-refractivity contribution is 7.10. The molecule has 3 rings (SSSR count). The van der Waals surface area contributed by atoms with E-state index in [1.807, 2.05) is 6.07 Å². The second-order valence-electron chi connectivity index (χ2n) is 5.61. The zero-order valence-electron chi connectivity index (χ0n) is 10.9. The average molecular weight is 263 g/mol. The molecule has 0 N–H and O–H groups in total. The van der Waals surface area contributed by atoms with Crippen molar-refractivity contribution in [2.75, 3.05) is 13.1 Å². The summed E-state index contributed by atoms with van der Waals surface area (Å²) in [4.78, 5) is 16.5. The summed E-state index contributed by atoms with van der Waals surface area (Å²) in [5, 5.41) is 2.07. The standard InChI is InChI=1S/C15H21NOS/c17-14(12-13-6-5-11-18-13)15(7-1-2-8-15)16-9-3-4-10-16/h5-6,11H,1-4,7-10,12H2. The minimum atomic E-state index is -0.0967. The first-order valence-corrected chi connectivity index (χ1v) is 8.00. The Bertz CT molecular complexity index is 400. The number of ketones is 1. The van der Waals surface area contributed by atoms with Crippen molar-refractivity contribution in [3.05, 3.63) is 22.4 Å².